The van der Waals surface area contributed by atoms with Crippen LogP contribution in [0.15, 0.2) is 41.0 Å². The van der Waals surface area contributed by atoms with E-state index >= 15 is 0 Å². The van der Waals surface area contributed by atoms with Crippen LogP contribution < -0.4 is 9.64 Å². The SMILES string of the molecule is COc1ccc(-c2[nH]c3ncc(Br)cc3c2N2CCN(C(=O)OC(C)(C)C)CC2)cc1.O=C(O)C(F)(F)F.O=C(O)C(F)(F)F. The van der Waals surface area contributed by atoms with Gasteiger partial charge < -0.3 is 34.5 Å². The second kappa shape index (κ2) is 14.7. The van der Waals surface area contributed by atoms with Gasteiger partial charge in [0.15, 0.2) is 0 Å². The van der Waals surface area contributed by atoms with Crippen LogP contribution >= 0.6 is 15.9 Å². The van der Waals surface area contributed by atoms with E-state index in [1.807, 2.05) is 45.0 Å². The van der Waals surface area contributed by atoms with Crippen molar-refractivity contribution in [2.75, 3.05) is 38.2 Å². The van der Waals surface area contributed by atoms with Gasteiger partial charge in [0, 0.05) is 47.8 Å². The number of aliphatic carboxylic acids is 2. The summed E-state index contributed by atoms with van der Waals surface area (Å²) < 4.78 is 75.2. The summed E-state index contributed by atoms with van der Waals surface area (Å²) in [6, 6.07) is 10.1. The van der Waals surface area contributed by atoms with Gasteiger partial charge in [-0.2, -0.15) is 26.3 Å². The third kappa shape index (κ3) is 11.0. The van der Waals surface area contributed by atoms with Crippen LogP contribution in [0, 0.1) is 0 Å². The number of fused-ring (bicyclic) bond motifs is 1. The largest absolute Gasteiger partial charge is 0.497 e. The van der Waals surface area contributed by atoms with Crippen LogP contribution in [0.1, 0.15) is 20.8 Å². The summed E-state index contributed by atoms with van der Waals surface area (Å²) in [4.78, 5) is 42.4. The van der Waals surface area contributed by atoms with Crippen molar-refractivity contribution >= 4 is 50.7 Å². The number of aromatic nitrogens is 2. The summed E-state index contributed by atoms with van der Waals surface area (Å²) >= 11 is 3.55. The first-order valence-electron chi connectivity index (χ1n) is 12.8. The number of carboxylic acid groups (broad SMARTS) is 2. The molecule has 0 bridgehead atoms. The molecule has 0 atom stereocenters. The molecule has 0 spiro atoms. The molecule has 1 aromatic carbocycles. The van der Waals surface area contributed by atoms with Gasteiger partial charge in [-0.05, 0) is 67.0 Å². The Kier molecular flexibility index (Phi) is 12.1. The van der Waals surface area contributed by atoms with E-state index in [0.717, 1.165) is 38.2 Å². The topological polar surface area (TPSA) is 145 Å². The number of piperazine rings is 1. The molecule has 1 saturated heterocycles. The van der Waals surface area contributed by atoms with Gasteiger partial charge in [-0.25, -0.2) is 19.4 Å². The second-order valence-electron chi connectivity index (χ2n) is 10.2. The monoisotopic (exact) mass is 714 g/mol. The first-order chi connectivity index (χ1) is 20.6. The molecule has 45 heavy (non-hydrogen) atoms. The fraction of sp³-hybridized carbons (Fsp3) is 0.407. The maximum atomic E-state index is 12.5. The molecule has 1 amide bonds. The van der Waals surface area contributed by atoms with Crippen molar-refractivity contribution in [3.63, 3.8) is 0 Å². The van der Waals surface area contributed by atoms with Crippen LogP contribution in [0.25, 0.3) is 22.3 Å². The lowest BCUT2D eigenvalue weighted by atomic mass is 10.1. The summed E-state index contributed by atoms with van der Waals surface area (Å²) in [6.45, 7) is 8.29. The summed E-state index contributed by atoms with van der Waals surface area (Å²) in [5, 5.41) is 15.3. The van der Waals surface area contributed by atoms with E-state index in [4.69, 9.17) is 29.3 Å². The summed E-state index contributed by atoms with van der Waals surface area (Å²) in [7, 11) is 1.66. The number of nitrogens with one attached hydrogen (secondary N) is 1. The van der Waals surface area contributed by atoms with Crippen LogP contribution in [-0.4, -0.2) is 94.4 Å². The predicted molar refractivity (Wildman–Crippen MR) is 153 cm³/mol. The van der Waals surface area contributed by atoms with Crippen LogP contribution in [0.3, 0.4) is 0 Å². The molecule has 3 heterocycles. The molecule has 0 unspecified atom stereocenters. The number of carbonyl (C=O) groups excluding carboxylic acids is 1. The minimum absolute atomic E-state index is 0.258. The third-order valence-electron chi connectivity index (χ3n) is 5.70. The smallest absolute Gasteiger partial charge is 0.490 e. The molecule has 0 radical (unpaired) electrons. The summed E-state index contributed by atoms with van der Waals surface area (Å²) in [5.41, 5.74) is 3.50. The number of methoxy groups -OCH3 is 1. The highest BCUT2D eigenvalue weighted by molar-refractivity contribution is 9.10. The van der Waals surface area contributed by atoms with Gasteiger partial charge >= 0.3 is 30.4 Å². The van der Waals surface area contributed by atoms with Gasteiger partial charge in [0.25, 0.3) is 0 Å². The molecule has 3 N–H and O–H groups in total. The molecular weight excluding hydrogens is 686 g/mol. The number of hydrogen-bond donors (Lipinski definition) is 3. The van der Waals surface area contributed by atoms with Gasteiger partial charge in [-0.1, -0.05) is 0 Å². The van der Waals surface area contributed by atoms with Crippen molar-refractivity contribution in [1.29, 1.82) is 0 Å². The molecule has 18 heteroatoms. The molecule has 1 aliphatic heterocycles. The Morgan fingerprint density at radius 3 is 1.82 bits per heavy atom. The normalized spacial score (nSPS) is 13.7. The van der Waals surface area contributed by atoms with Crippen molar-refractivity contribution in [3.8, 4) is 17.0 Å². The number of halogens is 7. The number of ether oxygens (including phenoxy) is 2. The number of H-pyrrole nitrogens is 1. The van der Waals surface area contributed by atoms with E-state index in [9.17, 15) is 31.1 Å². The number of hydrogen-bond acceptors (Lipinski definition) is 7. The number of pyridine rings is 1. The maximum Gasteiger partial charge on any atom is 0.490 e. The molecule has 2 aromatic heterocycles. The zero-order valence-electron chi connectivity index (χ0n) is 24.2. The second-order valence-corrected chi connectivity index (χ2v) is 11.1. The van der Waals surface area contributed by atoms with E-state index < -0.39 is 29.9 Å². The van der Waals surface area contributed by atoms with Crippen molar-refractivity contribution in [2.24, 2.45) is 0 Å². The van der Waals surface area contributed by atoms with Gasteiger partial charge in [-0.3, -0.25) is 0 Å². The first-order valence-corrected chi connectivity index (χ1v) is 13.6. The number of aromatic amines is 1. The Balaban J connectivity index is 0.000000421. The Bertz CT molecular complexity index is 1460. The highest BCUT2D eigenvalue weighted by Gasteiger charge is 2.39. The minimum atomic E-state index is -5.08. The Morgan fingerprint density at radius 1 is 0.911 bits per heavy atom. The molecule has 11 nitrogen and oxygen atoms in total. The maximum absolute atomic E-state index is 12.5. The lowest BCUT2D eigenvalue weighted by molar-refractivity contribution is -0.193. The van der Waals surface area contributed by atoms with E-state index in [0.29, 0.717) is 26.2 Å². The molecule has 3 aromatic rings. The Hall–Kier alpha value is -4.22. The molecule has 0 aliphatic carbocycles. The Labute approximate surface area is 260 Å². The average Bonchev–Trinajstić information content (AvgIpc) is 3.30. The number of benzene rings is 1. The lowest BCUT2D eigenvalue weighted by Crippen LogP contribution is -2.50. The quantitative estimate of drug-likeness (QED) is 0.265. The molecule has 0 saturated carbocycles. The molecule has 1 aliphatic rings. The molecule has 1 fully saturated rings. The minimum Gasteiger partial charge on any atom is -0.497 e. The number of rotatable bonds is 3. The molecule has 4 rings (SSSR count). The van der Waals surface area contributed by atoms with Gasteiger partial charge in [0.05, 0.1) is 18.5 Å². The van der Waals surface area contributed by atoms with Gasteiger partial charge in [-0.15, -0.1) is 0 Å². The summed E-state index contributed by atoms with van der Waals surface area (Å²) in [6.07, 6.45) is -8.63. The predicted octanol–water partition coefficient (Wildman–Crippen LogP) is 6.32. The molecule has 248 valence electrons. The van der Waals surface area contributed by atoms with Gasteiger partial charge in [0.1, 0.15) is 17.0 Å². The average molecular weight is 715 g/mol. The first kappa shape index (κ1) is 37.0. The van der Waals surface area contributed by atoms with E-state index in [2.05, 4.69) is 36.9 Å². The zero-order valence-corrected chi connectivity index (χ0v) is 25.8. The van der Waals surface area contributed by atoms with Crippen molar-refractivity contribution < 1.29 is 60.4 Å². The number of alkyl halides is 6. The molecular formula is C27H29BrF6N4O7. The number of nitrogens with zero attached hydrogens (tertiary/aromatic N) is 3. The number of amides is 1. The van der Waals surface area contributed by atoms with Crippen molar-refractivity contribution in [2.45, 2.75) is 38.7 Å². The fourth-order valence-electron chi connectivity index (χ4n) is 3.77. The standard InChI is InChI=1S/C23H27BrN4O3.2C2HF3O2/c1-23(2,3)31-22(29)28-11-9-27(10-12-28)20-18-13-16(24)14-25-21(18)26-19(20)15-5-7-17(30-4)8-6-15;2*3-2(4,5)1(6)7/h5-8,13-14H,9-12H2,1-4H3,(H,25,26);2*(H,6,7). The highest BCUT2D eigenvalue weighted by atomic mass is 79.9. The number of carbonyl (C=O) groups is 3. The van der Waals surface area contributed by atoms with Crippen molar-refractivity contribution in [3.05, 3.63) is 41.0 Å². The Morgan fingerprint density at radius 2 is 1.40 bits per heavy atom. The zero-order chi connectivity index (χ0) is 34.3. The van der Waals surface area contributed by atoms with Crippen LogP contribution in [-0.2, 0) is 14.3 Å². The van der Waals surface area contributed by atoms with Crippen molar-refractivity contribution in [1.82, 2.24) is 14.9 Å². The van der Waals surface area contributed by atoms with E-state index in [1.165, 1.54) is 0 Å². The summed E-state index contributed by atoms with van der Waals surface area (Å²) in [5.74, 6) is -4.70. The third-order valence-corrected chi connectivity index (χ3v) is 6.13. The van der Waals surface area contributed by atoms with Crippen LogP contribution in [0.5, 0.6) is 5.75 Å². The van der Waals surface area contributed by atoms with E-state index in [1.54, 1.807) is 18.2 Å². The highest BCUT2D eigenvalue weighted by Crippen LogP contribution is 2.39. The van der Waals surface area contributed by atoms with E-state index in [-0.39, 0.29) is 6.09 Å². The van der Waals surface area contributed by atoms with Crippen LogP contribution in [0.2, 0.25) is 0 Å². The van der Waals surface area contributed by atoms with Gasteiger partial charge in [0.2, 0.25) is 0 Å². The number of carboxylic acids is 2. The van der Waals surface area contributed by atoms with Crippen LogP contribution in [0.4, 0.5) is 36.8 Å². The fourth-order valence-corrected chi connectivity index (χ4v) is 4.10. The number of anilines is 1. The lowest BCUT2D eigenvalue weighted by Gasteiger charge is -2.37.